The lowest BCUT2D eigenvalue weighted by molar-refractivity contribution is 0.350. The first kappa shape index (κ1) is 41.1. The van der Waals surface area contributed by atoms with Crippen molar-refractivity contribution in [3.05, 3.63) is 264 Å². The Bertz CT molecular complexity index is 3640. The van der Waals surface area contributed by atoms with E-state index in [9.17, 15) is 0 Å². The zero-order valence-corrected chi connectivity index (χ0v) is 39.8. The van der Waals surface area contributed by atoms with Crippen molar-refractivity contribution in [3.8, 4) is 33.4 Å². The van der Waals surface area contributed by atoms with Gasteiger partial charge in [-0.3, -0.25) is 0 Å². The predicted molar refractivity (Wildman–Crippen MR) is 293 cm³/mol. The lowest BCUT2D eigenvalue weighted by Crippen LogP contribution is -2.34. The number of benzene rings is 10. The molecule has 4 aliphatic rings. The summed E-state index contributed by atoms with van der Waals surface area (Å²) in [6, 6.07) is 86.8. The molecule has 2 nitrogen and oxygen atoms in total. The second-order valence-corrected chi connectivity index (χ2v) is 20.7. The Labute approximate surface area is 412 Å². The maximum Gasteiger partial charge on any atom is 0.0546 e. The van der Waals surface area contributed by atoms with E-state index in [1.165, 1.54) is 124 Å². The largest absolute Gasteiger partial charge is 0.310 e. The third-order valence-corrected chi connectivity index (χ3v) is 16.9. The molecular weight excluding hydrogens is 845 g/mol. The Morgan fingerprint density at radius 3 is 1.50 bits per heavy atom. The number of fused-ring (bicyclic) bond motifs is 6. The topological polar surface area (TPSA) is 6.48 Å². The summed E-state index contributed by atoms with van der Waals surface area (Å²) in [6.45, 7) is 4.84. The van der Waals surface area contributed by atoms with Crippen LogP contribution in [0.25, 0.3) is 44.2 Å². The van der Waals surface area contributed by atoms with E-state index >= 15 is 0 Å². The van der Waals surface area contributed by atoms with Crippen molar-refractivity contribution in [3.63, 3.8) is 0 Å². The van der Waals surface area contributed by atoms with Crippen LogP contribution in [0.3, 0.4) is 0 Å². The second kappa shape index (κ2) is 15.8. The normalized spacial score (nSPS) is 18.7. The van der Waals surface area contributed by atoms with E-state index in [0.29, 0.717) is 11.8 Å². The van der Waals surface area contributed by atoms with E-state index in [4.69, 9.17) is 0 Å². The van der Waals surface area contributed by atoms with Crippen LogP contribution in [0.15, 0.2) is 231 Å². The van der Waals surface area contributed by atoms with Crippen molar-refractivity contribution in [1.29, 1.82) is 0 Å². The number of hydrogen-bond donors (Lipinski definition) is 0. The lowest BCUT2D eigenvalue weighted by atomic mass is 9.68. The summed E-state index contributed by atoms with van der Waals surface area (Å²) >= 11 is 0. The molecule has 3 atom stereocenters. The Morgan fingerprint density at radius 1 is 0.371 bits per heavy atom. The molecule has 4 aliphatic carbocycles. The summed E-state index contributed by atoms with van der Waals surface area (Å²) in [6.07, 6.45) is 4.62. The fourth-order valence-corrected chi connectivity index (χ4v) is 14.1. The van der Waals surface area contributed by atoms with Crippen molar-refractivity contribution in [2.45, 2.75) is 50.4 Å². The van der Waals surface area contributed by atoms with Gasteiger partial charge in [-0.15, -0.1) is 0 Å². The van der Waals surface area contributed by atoms with Gasteiger partial charge in [0.15, 0.2) is 0 Å². The molecule has 0 saturated heterocycles. The molecule has 1 spiro atoms. The molecule has 14 rings (SSSR count). The zero-order chi connectivity index (χ0) is 46.6. The molecule has 70 heavy (non-hydrogen) atoms. The Morgan fingerprint density at radius 2 is 0.886 bits per heavy atom. The smallest absolute Gasteiger partial charge is 0.0546 e. The highest BCUT2D eigenvalue weighted by Crippen LogP contribution is 2.69. The summed E-state index contributed by atoms with van der Waals surface area (Å²) in [5.41, 5.74) is 23.5. The van der Waals surface area contributed by atoms with E-state index in [1.807, 2.05) is 0 Å². The number of rotatable bonds is 8. The molecule has 10 aromatic rings. The van der Waals surface area contributed by atoms with Crippen molar-refractivity contribution < 1.29 is 0 Å². The number of nitrogens with zero attached hydrogens (tertiary/aromatic N) is 2. The predicted octanol–water partition coefficient (Wildman–Crippen LogP) is 17.8. The first-order valence-corrected chi connectivity index (χ1v) is 25.4. The van der Waals surface area contributed by atoms with Crippen LogP contribution in [0, 0.1) is 11.8 Å². The minimum Gasteiger partial charge on any atom is -0.310 e. The van der Waals surface area contributed by atoms with E-state index in [0.717, 1.165) is 12.8 Å². The molecule has 3 unspecified atom stereocenters. The third-order valence-electron chi connectivity index (χ3n) is 16.9. The summed E-state index contributed by atoms with van der Waals surface area (Å²) in [7, 11) is 0. The molecule has 1 saturated carbocycles. The zero-order valence-electron chi connectivity index (χ0n) is 39.8. The summed E-state index contributed by atoms with van der Waals surface area (Å²) < 4.78 is 0. The minimum atomic E-state index is -0.186. The van der Waals surface area contributed by atoms with E-state index in [1.54, 1.807) is 0 Å². The Kier molecular flexibility index (Phi) is 9.27. The van der Waals surface area contributed by atoms with Gasteiger partial charge in [-0.25, -0.2) is 0 Å². The highest BCUT2D eigenvalue weighted by atomic mass is 15.2. The van der Waals surface area contributed by atoms with Crippen LogP contribution >= 0.6 is 0 Å². The fourth-order valence-electron chi connectivity index (χ4n) is 14.1. The van der Waals surface area contributed by atoms with Crippen molar-refractivity contribution in [2.75, 3.05) is 9.80 Å². The number of hydrogen-bond acceptors (Lipinski definition) is 2. The molecule has 0 bridgehead atoms. The summed E-state index contributed by atoms with van der Waals surface area (Å²) in [4.78, 5) is 5.24. The van der Waals surface area contributed by atoms with E-state index in [-0.39, 0.29) is 10.8 Å². The number of anilines is 6. The highest BCUT2D eigenvalue weighted by molar-refractivity contribution is 6.00. The fraction of sp³-hybridized carbons (Fsp3) is 0.147. The average Bonchev–Trinajstić information content (AvgIpc) is 4.11. The van der Waals surface area contributed by atoms with Crippen molar-refractivity contribution in [2.24, 2.45) is 11.8 Å². The van der Waals surface area contributed by atoms with Gasteiger partial charge in [-0.2, -0.15) is 0 Å². The second-order valence-electron chi connectivity index (χ2n) is 20.7. The van der Waals surface area contributed by atoms with Gasteiger partial charge in [0, 0.05) is 33.5 Å². The third kappa shape index (κ3) is 5.99. The standard InChI is InChI=1S/C68H54N2/c1-67(2)59-33-19-32-56(45-20-7-3-8-21-45)64(59)57-39-38-55(44-60(57)67)69(53-28-11-5-12-29-53)61-34-17-26-49-40-51-36-37-52-41-50-27-18-35-62(66(50)68(51,52)65(49)61)70(54-30-13-6-14-31-54)63-43-48-25-16-15-24-47(48)42-58(63)46-22-9-4-10-23-46/h3-35,38-39,42-44,51-52H,36-37,40-41H2,1-2H3. The van der Waals surface area contributed by atoms with Gasteiger partial charge < -0.3 is 9.80 Å². The van der Waals surface area contributed by atoms with E-state index in [2.05, 4.69) is 254 Å². The van der Waals surface area contributed by atoms with E-state index < -0.39 is 0 Å². The quantitative estimate of drug-likeness (QED) is 0.150. The van der Waals surface area contributed by atoms with Crippen LogP contribution in [0.5, 0.6) is 0 Å². The van der Waals surface area contributed by atoms with Gasteiger partial charge in [0.05, 0.1) is 17.1 Å². The van der Waals surface area contributed by atoms with Crippen LogP contribution in [0.2, 0.25) is 0 Å². The first-order valence-electron chi connectivity index (χ1n) is 25.4. The van der Waals surface area contributed by atoms with Crippen LogP contribution in [0.1, 0.15) is 60.1 Å². The van der Waals surface area contributed by atoms with Crippen LogP contribution in [0.4, 0.5) is 34.1 Å². The van der Waals surface area contributed by atoms with Crippen molar-refractivity contribution in [1.82, 2.24) is 0 Å². The number of para-hydroxylation sites is 2. The maximum atomic E-state index is 2.62. The van der Waals surface area contributed by atoms with Gasteiger partial charge in [0.1, 0.15) is 0 Å². The molecule has 1 fully saturated rings. The minimum absolute atomic E-state index is 0.182. The molecular formula is C68H54N2. The van der Waals surface area contributed by atoms with Crippen LogP contribution < -0.4 is 9.80 Å². The first-order chi connectivity index (χ1) is 34.5. The maximum absolute atomic E-state index is 2.62. The molecule has 0 aliphatic heterocycles. The molecule has 336 valence electrons. The SMILES string of the molecule is CC1(C)c2cc(N(c3ccccc3)c3cccc4c3C35c6c(cccc6N(c6ccccc6)c6cc7ccccc7cc6-c6ccccc6)CC3CCC5C4)ccc2-c2c(-c3ccccc3)cccc21. The molecule has 0 heterocycles. The monoisotopic (exact) mass is 898 g/mol. The Hall–Kier alpha value is -7.94. The molecule has 0 amide bonds. The highest BCUT2D eigenvalue weighted by Gasteiger charge is 2.62. The van der Waals surface area contributed by atoms with Crippen LogP contribution in [-0.2, 0) is 23.7 Å². The Balaban J connectivity index is 0.999. The average molecular weight is 899 g/mol. The molecule has 2 heteroatoms. The molecule has 0 aromatic heterocycles. The molecule has 10 aromatic carbocycles. The van der Waals surface area contributed by atoms with Crippen molar-refractivity contribution >= 4 is 44.9 Å². The summed E-state index contributed by atoms with van der Waals surface area (Å²) in [5, 5.41) is 2.49. The summed E-state index contributed by atoms with van der Waals surface area (Å²) in [5.74, 6) is 0.975. The lowest BCUT2D eigenvalue weighted by Gasteiger charge is -2.40. The van der Waals surface area contributed by atoms with Gasteiger partial charge in [-0.1, -0.05) is 184 Å². The van der Waals surface area contributed by atoms with Gasteiger partial charge in [0.2, 0.25) is 0 Å². The van der Waals surface area contributed by atoms with Crippen LogP contribution in [-0.4, -0.2) is 0 Å². The van der Waals surface area contributed by atoms with Gasteiger partial charge in [-0.05, 0) is 170 Å². The molecule has 0 N–H and O–H groups in total. The van der Waals surface area contributed by atoms with Gasteiger partial charge in [0.25, 0.3) is 0 Å². The molecule has 0 radical (unpaired) electrons. The van der Waals surface area contributed by atoms with Gasteiger partial charge >= 0.3 is 0 Å².